The third kappa shape index (κ3) is 4.39. The van der Waals surface area contributed by atoms with E-state index in [4.69, 9.17) is 13.1 Å². The molecule has 55 heavy (non-hydrogen) atoms. The predicted octanol–water partition coefficient (Wildman–Crippen LogP) is 13.7. The Morgan fingerprint density at radius 2 is 0.818 bits per heavy atom. The Bertz CT molecular complexity index is 3420. The van der Waals surface area contributed by atoms with Gasteiger partial charge in [-0.25, -0.2) is 9.69 Å². The fraction of sp³-hybridized carbons (Fsp3) is 0. The lowest BCUT2D eigenvalue weighted by molar-refractivity contribution is 1.16. The topological polar surface area (TPSA) is 23.5 Å². The molecule has 0 aliphatic heterocycles. The van der Waals surface area contributed by atoms with Gasteiger partial charge in [0, 0.05) is 43.9 Å². The lowest BCUT2D eigenvalue weighted by atomic mass is 9.98. The fourth-order valence-corrected chi connectivity index (χ4v) is 8.81. The molecule has 0 spiro atoms. The van der Waals surface area contributed by atoms with Crippen molar-refractivity contribution < 1.29 is 0 Å². The van der Waals surface area contributed by atoms with Crippen molar-refractivity contribution in [3.05, 3.63) is 199 Å². The van der Waals surface area contributed by atoms with Crippen LogP contribution >= 0.6 is 0 Å². The van der Waals surface area contributed by atoms with Crippen LogP contribution < -0.4 is 0 Å². The maximum Gasteiger partial charge on any atom is 0.197 e. The van der Waals surface area contributed by atoms with Gasteiger partial charge in [-0.15, -0.1) is 0 Å². The van der Waals surface area contributed by atoms with Gasteiger partial charge >= 0.3 is 0 Å². The van der Waals surface area contributed by atoms with Crippen molar-refractivity contribution >= 4 is 76.8 Å². The molecule has 11 aromatic rings. The van der Waals surface area contributed by atoms with Crippen molar-refractivity contribution in [3.8, 4) is 28.2 Å². The molecule has 0 atom stereocenters. The van der Waals surface area contributed by atoms with Gasteiger partial charge in [-0.2, -0.15) is 0 Å². The molecule has 8 aromatic carbocycles. The van der Waals surface area contributed by atoms with Gasteiger partial charge in [0.15, 0.2) is 11.4 Å². The summed E-state index contributed by atoms with van der Waals surface area (Å²) in [5.41, 5.74) is 12.5. The van der Waals surface area contributed by atoms with Crippen molar-refractivity contribution in [2.24, 2.45) is 0 Å². The summed E-state index contributed by atoms with van der Waals surface area (Å²) in [4.78, 5) is 7.88. The van der Waals surface area contributed by atoms with Gasteiger partial charge < -0.3 is 13.7 Å². The second-order valence-electron chi connectivity index (χ2n) is 13.9. The van der Waals surface area contributed by atoms with Crippen LogP contribution in [0.15, 0.2) is 176 Å². The van der Waals surface area contributed by atoms with Gasteiger partial charge in [0.05, 0.1) is 51.9 Å². The Morgan fingerprint density at radius 1 is 0.345 bits per heavy atom. The summed E-state index contributed by atoms with van der Waals surface area (Å²) in [6.07, 6.45) is 0. The number of nitrogens with zero attached hydrogens (tertiary/aromatic N) is 5. The maximum atomic E-state index is 8.45. The molecule has 0 aliphatic rings. The van der Waals surface area contributed by atoms with Crippen LogP contribution in [0.25, 0.3) is 103 Å². The van der Waals surface area contributed by atoms with Crippen molar-refractivity contribution in [1.29, 1.82) is 0 Å². The predicted molar refractivity (Wildman–Crippen MR) is 227 cm³/mol. The van der Waals surface area contributed by atoms with Crippen LogP contribution in [-0.2, 0) is 0 Å². The van der Waals surface area contributed by atoms with Crippen LogP contribution in [0.4, 0.5) is 11.4 Å². The normalized spacial score (nSPS) is 11.6. The van der Waals surface area contributed by atoms with Gasteiger partial charge in [-0.1, -0.05) is 109 Å². The second-order valence-corrected chi connectivity index (χ2v) is 13.9. The first kappa shape index (κ1) is 30.7. The Labute approximate surface area is 316 Å². The maximum absolute atomic E-state index is 8.45. The van der Waals surface area contributed by atoms with Gasteiger partial charge in [0.1, 0.15) is 0 Å². The number of para-hydroxylation sites is 5. The summed E-state index contributed by atoms with van der Waals surface area (Å²) in [7, 11) is 0. The second kappa shape index (κ2) is 11.8. The molecule has 5 nitrogen and oxygen atoms in total. The highest BCUT2D eigenvalue weighted by atomic mass is 15.0. The zero-order valence-corrected chi connectivity index (χ0v) is 29.5. The Balaban J connectivity index is 1.19. The quantitative estimate of drug-likeness (QED) is 0.163. The number of hydrogen-bond donors (Lipinski definition) is 0. The monoisotopic (exact) mass is 699 g/mol. The van der Waals surface area contributed by atoms with Gasteiger partial charge in [-0.05, 0) is 77.7 Å². The minimum absolute atomic E-state index is 0.578. The van der Waals surface area contributed by atoms with E-state index in [9.17, 15) is 0 Å². The molecule has 3 aromatic heterocycles. The highest BCUT2D eigenvalue weighted by molar-refractivity contribution is 6.14. The molecule has 254 valence electrons. The van der Waals surface area contributed by atoms with E-state index in [1.54, 1.807) is 0 Å². The van der Waals surface area contributed by atoms with Crippen LogP contribution in [0, 0.1) is 13.1 Å². The lowest BCUT2D eigenvalue weighted by Crippen LogP contribution is -2.01. The molecule has 0 bridgehead atoms. The SMILES string of the molecule is [C-]#[N+]c1ccc2c(c1)c1ccccc1n2-c1ccccc1-c1c([N+]#[C-])cccc1-n1c2ccccc2c2cc(-n3c4ccccc4c4ccccc43)ccc21. The van der Waals surface area contributed by atoms with Crippen molar-refractivity contribution in [1.82, 2.24) is 13.7 Å². The van der Waals surface area contributed by atoms with Gasteiger partial charge in [-0.3, -0.25) is 0 Å². The Hall–Kier alpha value is -7.86. The summed E-state index contributed by atoms with van der Waals surface area (Å²) < 4.78 is 6.97. The van der Waals surface area contributed by atoms with E-state index >= 15 is 0 Å². The molecule has 0 amide bonds. The van der Waals surface area contributed by atoms with E-state index in [0.717, 1.165) is 71.8 Å². The molecule has 0 N–H and O–H groups in total. The molecule has 0 saturated heterocycles. The minimum Gasteiger partial charge on any atom is -0.310 e. The molecular formula is C50H29N5. The van der Waals surface area contributed by atoms with E-state index in [1.165, 1.54) is 21.8 Å². The zero-order chi connectivity index (χ0) is 36.6. The first-order chi connectivity index (χ1) is 27.2. The van der Waals surface area contributed by atoms with Crippen molar-refractivity contribution in [3.63, 3.8) is 0 Å². The highest BCUT2D eigenvalue weighted by Gasteiger charge is 2.23. The van der Waals surface area contributed by atoms with Gasteiger partial charge in [0.25, 0.3) is 0 Å². The van der Waals surface area contributed by atoms with E-state index in [-0.39, 0.29) is 0 Å². The molecule has 0 radical (unpaired) electrons. The number of benzene rings is 8. The average Bonchev–Trinajstić information content (AvgIpc) is 3.88. The van der Waals surface area contributed by atoms with Crippen LogP contribution in [0.3, 0.4) is 0 Å². The third-order valence-corrected chi connectivity index (χ3v) is 11.1. The van der Waals surface area contributed by atoms with E-state index in [0.29, 0.717) is 11.4 Å². The lowest BCUT2D eigenvalue weighted by Gasteiger charge is -2.20. The van der Waals surface area contributed by atoms with Gasteiger partial charge in [0.2, 0.25) is 0 Å². The Morgan fingerprint density at radius 3 is 1.44 bits per heavy atom. The highest BCUT2D eigenvalue weighted by Crippen LogP contribution is 2.45. The Kier molecular flexibility index (Phi) is 6.61. The van der Waals surface area contributed by atoms with Crippen LogP contribution in [-0.4, -0.2) is 13.7 Å². The number of aromatic nitrogens is 3. The molecule has 0 unspecified atom stereocenters. The van der Waals surface area contributed by atoms with Crippen molar-refractivity contribution in [2.75, 3.05) is 0 Å². The van der Waals surface area contributed by atoms with E-state index in [1.807, 2.05) is 36.4 Å². The molecule has 3 heterocycles. The summed E-state index contributed by atoms with van der Waals surface area (Å²) >= 11 is 0. The summed E-state index contributed by atoms with van der Waals surface area (Å²) in [6, 6.07) is 61.3. The van der Waals surface area contributed by atoms with Crippen molar-refractivity contribution in [2.45, 2.75) is 0 Å². The molecule has 0 saturated carbocycles. The number of fused-ring (bicyclic) bond motifs is 9. The molecule has 5 heteroatoms. The number of rotatable bonds is 4. The number of hydrogen-bond acceptors (Lipinski definition) is 0. The standard InChI is InChI=1S/C50H29N5/c1-51-32-26-28-47-39(30-32)36-16-5-10-22-44(36)54(47)46-24-12-7-18-38(46)50-41(52-2)19-13-25-49(50)55-45-23-11-6-17-37(45)40-31-33(27-29-48(40)55)53-42-20-8-3-14-34(42)35-15-4-9-21-43(35)53/h3-31H. The van der Waals surface area contributed by atoms with E-state index in [2.05, 4.69) is 163 Å². The average molecular weight is 700 g/mol. The molecule has 0 fully saturated rings. The fourth-order valence-electron chi connectivity index (χ4n) is 8.81. The first-order valence-corrected chi connectivity index (χ1v) is 18.3. The van der Waals surface area contributed by atoms with Crippen LogP contribution in [0.2, 0.25) is 0 Å². The first-order valence-electron chi connectivity index (χ1n) is 18.3. The van der Waals surface area contributed by atoms with Crippen LogP contribution in [0.5, 0.6) is 0 Å². The van der Waals surface area contributed by atoms with E-state index < -0.39 is 0 Å². The summed E-state index contributed by atoms with van der Waals surface area (Å²) in [5.74, 6) is 0. The summed E-state index contributed by atoms with van der Waals surface area (Å²) in [5, 5.41) is 6.85. The largest absolute Gasteiger partial charge is 0.310 e. The molecule has 11 rings (SSSR count). The molecule has 0 aliphatic carbocycles. The third-order valence-electron chi connectivity index (χ3n) is 11.1. The smallest absolute Gasteiger partial charge is 0.197 e. The minimum atomic E-state index is 0.578. The summed E-state index contributed by atoms with van der Waals surface area (Å²) in [6.45, 7) is 16.1. The zero-order valence-electron chi connectivity index (χ0n) is 29.5. The molecular weight excluding hydrogens is 671 g/mol. The van der Waals surface area contributed by atoms with Crippen LogP contribution in [0.1, 0.15) is 0 Å².